The highest BCUT2D eigenvalue weighted by molar-refractivity contribution is 5.79. The average Bonchev–Trinajstić information content (AvgIpc) is 3.16. The zero-order valence-corrected chi connectivity index (χ0v) is 14.5. The first-order valence-electron chi connectivity index (χ1n) is 9.04. The van der Waals surface area contributed by atoms with Gasteiger partial charge >= 0.3 is 0 Å². The van der Waals surface area contributed by atoms with Crippen molar-refractivity contribution in [1.29, 1.82) is 0 Å². The second kappa shape index (κ2) is 6.39. The van der Waals surface area contributed by atoms with Crippen molar-refractivity contribution in [3.63, 3.8) is 0 Å². The van der Waals surface area contributed by atoms with E-state index in [1.54, 1.807) is 0 Å². The lowest BCUT2D eigenvalue weighted by molar-refractivity contribution is 0.241. The lowest BCUT2D eigenvalue weighted by atomic mass is 10.0. The Morgan fingerprint density at radius 3 is 2.88 bits per heavy atom. The molecule has 0 radical (unpaired) electrons. The first-order valence-corrected chi connectivity index (χ1v) is 9.04. The molecule has 0 bridgehead atoms. The number of nitrogens with zero attached hydrogens (tertiary/aromatic N) is 3. The van der Waals surface area contributed by atoms with Crippen molar-refractivity contribution in [1.82, 2.24) is 19.9 Å². The molecule has 3 heterocycles. The Morgan fingerprint density at radius 1 is 1.04 bits per heavy atom. The molecule has 0 saturated carbocycles. The molecule has 0 fully saturated rings. The molecule has 0 atom stereocenters. The summed E-state index contributed by atoms with van der Waals surface area (Å²) in [5.41, 5.74) is 6.05. The van der Waals surface area contributed by atoms with Gasteiger partial charge in [0, 0.05) is 43.1 Å². The normalized spacial score (nSPS) is 14.5. The lowest BCUT2D eigenvalue weighted by Gasteiger charge is -2.28. The number of fused-ring (bicyclic) bond motifs is 2. The predicted molar refractivity (Wildman–Crippen MR) is 104 cm³/mol. The van der Waals surface area contributed by atoms with Crippen LogP contribution in [-0.2, 0) is 19.5 Å². The van der Waals surface area contributed by atoms with Gasteiger partial charge in [-0.15, -0.1) is 0 Å². The van der Waals surface area contributed by atoms with Gasteiger partial charge in [-0.05, 0) is 41.1 Å². The van der Waals surface area contributed by atoms with E-state index in [-0.39, 0.29) is 0 Å². The summed E-state index contributed by atoms with van der Waals surface area (Å²) in [5.74, 6) is 0.819. The minimum absolute atomic E-state index is 0.819. The van der Waals surface area contributed by atoms with Crippen LogP contribution < -0.4 is 0 Å². The van der Waals surface area contributed by atoms with Crippen LogP contribution in [0.5, 0.6) is 0 Å². The predicted octanol–water partition coefficient (Wildman–Crippen LogP) is 4.18. The molecule has 1 N–H and O–H groups in total. The molecule has 2 aromatic heterocycles. The number of benzene rings is 2. The maximum atomic E-state index is 4.86. The summed E-state index contributed by atoms with van der Waals surface area (Å²) in [5, 5.41) is 1.27. The summed E-state index contributed by atoms with van der Waals surface area (Å²) in [6, 6.07) is 19.0. The van der Waals surface area contributed by atoms with Crippen LogP contribution in [0.4, 0.5) is 0 Å². The van der Waals surface area contributed by atoms with Crippen LogP contribution in [0.1, 0.15) is 16.8 Å². The van der Waals surface area contributed by atoms with E-state index < -0.39 is 0 Å². The molecule has 0 amide bonds. The maximum Gasteiger partial charge on any atom is 0.159 e. The topological polar surface area (TPSA) is 44.8 Å². The third kappa shape index (κ3) is 2.89. The van der Waals surface area contributed by atoms with Gasteiger partial charge in [0.05, 0.1) is 5.69 Å². The number of hydrogen-bond acceptors (Lipinski definition) is 3. The second-order valence-corrected chi connectivity index (χ2v) is 6.89. The molecule has 0 unspecified atom stereocenters. The summed E-state index contributed by atoms with van der Waals surface area (Å²) >= 11 is 0. The highest BCUT2D eigenvalue weighted by atomic mass is 15.1. The van der Waals surface area contributed by atoms with E-state index in [2.05, 4.69) is 51.3 Å². The van der Waals surface area contributed by atoms with Crippen LogP contribution in [0.2, 0.25) is 0 Å². The van der Waals surface area contributed by atoms with Crippen LogP contribution in [-0.4, -0.2) is 26.4 Å². The molecule has 128 valence electrons. The quantitative estimate of drug-likeness (QED) is 0.608. The fourth-order valence-corrected chi connectivity index (χ4v) is 3.68. The first-order chi connectivity index (χ1) is 12.8. The van der Waals surface area contributed by atoms with E-state index >= 15 is 0 Å². The molecule has 1 aliphatic heterocycles. The van der Waals surface area contributed by atoms with Gasteiger partial charge in [0.15, 0.2) is 5.82 Å². The third-order valence-electron chi connectivity index (χ3n) is 5.08. The minimum atomic E-state index is 0.819. The molecule has 0 aliphatic carbocycles. The number of nitrogens with one attached hydrogen (secondary N) is 1. The van der Waals surface area contributed by atoms with Crippen LogP contribution in [0.25, 0.3) is 22.3 Å². The standard InChI is InChI=1S/C22H20N4/c1-2-4-17(5-3-1)22-24-13-19-9-11-26(15-21(19)25-22)14-16-6-7-20-18(12-16)8-10-23-20/h1-8,10,12-13,23H,9,11,14-15H2. The number of aromatic nitrogens is 3. The molecule has 4 aromatic rings. The van der Waals surface area contributed by atoms with Crippen LogP contribution in [0, 0.1) is 0 Å². The summed E-state index contributed by atoms with van der Waals surface area (Å²) in [6.45, 7) is 2.88. The van der Waals surface area contributed by atoms with E-state index in [9.17, 15) is 0 Å². The van der Waals surface area contributed by atoms with Gasteiger partial charge in [0.25, 0.3) is 0 Å². The van der Waals surface area contributed by atoms with Crippen molar-refractivity contribution < 1.29 is 0 Å². The molecular weight excluding hydrogens is 320 g/mol. The minimum Gasteiger partial charge on any atom is -0.361 e. The molecule has 1 aliphatic rings. The monoisotopic (exact) mass is 340 g/mol. The molecule has 0 saturated heterocycles. The van der Waals surface area contributed by atoms with Crippen molar-refractivity contribution >= 4 is 10.9 Å². The first kappa shape index (κ1) is 15.3. The Balaban J connectivity index is 1.38. The number of aromatic amines is 1. The van der Waals surface area contributed by atoms with Crippen molar-refractivity contribution in [2.75, 3.05) is 6.54 Å². The second-order valence-electron chi connectivity index (χ2n) is 6.89. The Labute approximate surface area is 152 Å². The highest BCUT2D eigenvalue weighted by Gasteiger charge is 2.19. The molecule has 2 aromatic carbocycles. The largest absolute Gasteiger partial charge is 0.361 e. The van der Waals surface area contributed by atoms with Gasteiger partial charge in [-0.2, -0.15) is 0 Å². The van der Waals surface area contributed by atoms with Gasteiger partial charge < -0.3 is 4.98 Å². The molecule has 5 rings (SSSR count). The van der Waals surface area contributed by atoms with E-state index in [4.69, 9.17) is 4.98 Å². The maximum absolute atomic E-state index is 4.86. The van der Waals surface area contributed by atoms with Crippen molar-refractivity contribution in [3.8, 4) is 11.4 Å². The third-order valence-corrected chi connectivity index (χ3v) is 5.08. The Hall–Kier alpha value is -2.98. The lowest BCUT2D eigenvalue weighted by Crippen LogP contribution is -2.31. The Kier molecular flexibility index (Phi) is 3.76. The summed E-state index contributed by atoms with van der Waals surface area (Å²) in [6.07, 6.45) is 5.01. The zero-order valence-electron chi connectivity index (χ0n) is 14.5. The number of H-pyrrole nitrogens is 1. The van der Waals surface area contributed by atoms with Crippen LogP contribution in [0.15, 0.2) is 67.0 Å². The van der Waals surface area contributed by atoms with Gasteiger partial charge in [-0.25, -0.2) is 9.97 Å². The average molecular weight is 340 g/mol. The highest BCUT2D eigenvalue weighted by Crippen LogP contribution is 2.23. The number of hydrogen-bond donors (Lipinski definition) is 1. The Morgan fingerprint density at radius 2 is 1.96 bits per heavy atom. The fourth-order valence-electron chi connectivity index (χ4n) is 3.68. The van der Waals surface area contributed by atoms with E-state index in [1.165, 1.54) is 22.0 Å². The fraction of sp³-hybridized carbons (Fsp3) is 0.182. The van der Waals surface area contributed by atoms with Gasteiger partial charge in [-0.1, -0.05) is 36.4 Å². The van der Waals surface area contributed by atoms with Gasteiger partial charge in [0.1, 0.15) is 0 Å². The van der Waals surface area contributed by atoms with Crippen molar-refractivity contribution in [2.24, 2.45) is 0 Å². The van der Waals surface area contributed by atoms with E-state index in [0.717, 1.165) is 43.1 Å². The molecular formula is C22H20N4. The molecule has 4 heteroatoms. The van der Waals surface area contributed by atoms with Crippen molar-refractivity contribution in [2.45, 2.75) is 19.5 Å². The Bertz CT molecular complexity index is 1050. The van der Waals surface area contributed by atoms with Crippen LogP contribution >= 0.6 is 0 Å². The summed E-state index contributed by atoms with van der Waals surface area (Å²) < 4.78 is 0. The van der Waals surface area contributed by atoms with Gasteiger partial charge in [0.2, 0.25) is 0 Å². The van der Waals surface area contributed by atoms with Crippen LogP contribution in [0.3, 0.4) is 0 Å². The number of rotatable bonds is 3. The zero-order chi connectivity index (χ0) is 17.3. The van der Waals surface area contributed by atoms with Crippen molar-refractivity contribution in [3.05, 3.63) is 83.8 Å². The van der Waals surface area contributed by atoms with E-state index in [1.807, 2.05) is 30.6 Å². The summed E-state index contributed by atoms with van der Waals surface area (Å²) in [7, 11) is 0. The molecule has 0 spiro atoms. The molecule has 26 heavy (non-hydrogen) atoms. The van der Waals surface area contributed by atoms with E-state index in [0.29, 0.717) is 0 Å². The SMILES string of the molecule is c1ccc(-c2ncc3c(n2)CN(Cc2ccc4[nH]ccc4c2)CC3)cc1. The molecule has 4 nitrogen and oxygen atoms in total. The smallest absolute Gasteiger partial charge is 0.159 e. The summed E-state index contributed by atoms with van der Waals surface area (Å²) in [4.78, 5) is 15.2. The van der Waals surface area contributed by atoms with Gasteiger partial charge in [-0.3, -0.25) is 4.90 Å².